The molecule has 0 aliphatic rings. The Kier molecular flexibility index (Phi) is 6.11. The topological polar surface area (TPSA) is 108 Å². The van der Waals surface area contributed by atoms with E-state index in [1.807, 2.05) is 6.07 Å². The summed E-state index contributed by atoms with van der Waals surface area (Å²) in [7, 11) is -3.63. The first-order chi connectivity index (χ1) is 12.0. The van der Waals surface area contributed by atoms with Crippen LogP contribution in [0.1, 0.15) is 17.3 Å². The third-order valence-electron chi connectivity index (χ3n) is 3.16. The van der Waals surface area contributed by atoms with Crippen molar-refractivity contribution in [2.24, 2.45) is 0 Å². The molecule has 0 atom stereocenters. The summed E-state index contributed by atoms with van der Waals surface area (Å²) in [5, 5.41) is 11.1. The van der Waals surface area contributed by atoms with Gasteiger partial charge in [-0.3, -0.25) is 4.79 Å². The molecule has 0 aliphatic heterocycles. The number of sulfonamides is 1. The molecular weight excluding hydrogens is 342 g/mol. The Hall–Kier alpha value is -2.89. The van der Waals surface area contributed by atoms with Gasteiger partial charge in [0.15, 0.2) is 6.61 Å². The number of amides is 1. The maximum Gasteiger partial charge on any atom is 0.255 e. The number of ether oxygens (including phenoxy) is 1. The van der Waals surface area contributed by atoms with Crippen LogP contribution >= 0.6 is 0 Å². The highest BCUT2D eigenvalue weighted by atomic mass is 32.2. The van der Waals surface area contributed by atoms with E-state index in [2.05, 4.69) is 10.0 Å². The van der Waals surface area contributed by atoms with Crippen molar-refractivity contribution in [2.75, 3.05) is 18.5 Å². The van der Waals surface area contributed by atoms with Gasteiger partial charge < -0.3 is 10.1 Å². The molecule has 0 spiro atoms. The number of nitriles is 1. The normalized spacial score (nSPS) is 10.7. The molecule has 0 saturated carbocycles. The van der Waals surface area contributed by atoms with Gasteiger partial charge >= 0.3 is 0 Å². The second-order valence-electron chi connectivity index (χ2n) is 4.95. The summed E-state index contributed by atoms with van der Waals surface area (Å²) in [6.45, 7) is 1.88. The van der Waals surface area contributed by atoms with Crippen LogP contribution in [0.3, 0.4) is 0 Å². The molecule has 2 N–H and O–H groups in total. The second-order valence-corrected chi connectivity index (χ2v) is 6.72. The summed E-state index contributed by atoms with van der Waals surface area (Å²) in [5.41, 5.74) is 0.748. The van der Waals surface area contributed by atoms with Gasteiger partial charge in [-0.1, -0.05) is 13.0 Å². The van der Waals surface area contributed by atoms with Crippen LogP contribution in [0.25, 0.3) is 0 Å². The standard InChI is InChI=1S/C17H17N3O4S/c1-2-19-25(22,23)16-5-3-4-13(12-16)17(21)20-14-6-8-15(9-7-14)24-11-10-18/h3-9,12,19H,2,11H2,1H3,(H,20,21). The van der Waals surface area contributed by atoms with Crippen molar-refractivity contribution < 1.29 is 17.9 Å². The van der Waals surface area contributed by atoms with Gasteiger partial charge in [0, 0.05) is 17.8 Å². The second kappa shape index (κ2) is 8.28. The summed E-state index contributed by atoms with van der Waals surface area (Å²) < 4.78 is 31.5. The predicted octanol–water partition coefficient (Wildman–Crippen LogP) is 2.14. The summed E-state index contributed by atoms with van der Waals surface area (Å²) >= 11 is 0. The van der Waals surface area contributed by atoms with Crippen LogP contribution in [0.5, 0.6) is 5.75 Å². The van der Waals surface area contributed by atoms with E-state index in [0.717, 1.165) is 0 Å². The van der Waals surface area contributed by atoms with Gasteiger partial charge in [0.25, 0.3) is 5.91 Å². The fraction of sp³-hybridized carbons (Fsp3) is 0.176. The SMILES string of the molecule is CCNS(=O)(=O)c1cccc(C(=O)Nc2ccc(OCC#N)cc2)c1. The van der Waals surface area contributed by atoms with Crippen LogP contribution in [0, 0.1) is 11.3 Å². The Morgan fingerprint density at radius 1 is 1.20 bits per heavy atom. The number of hydrogen-bond donors (Lipinski definition) is 2. The molecule has 0 heterocycles. The van der Waals surface area contributed by atoms with Gasteiger partial charge in [-0.25, -0.2) is 13.1 Å². The first kappa shape index (κ1) is 18.4. The summed E-state index contributed by atoms with van der Waals surface area (Å²) in [6.07, 6.45) is 0. The smallest absolute Gasteiger partial charge is 0.255 e. The maximum atomic E-state index is 12.3. The molecule has 8 heteroatoms. The van der Waals surface area contributed by atoms with E-state index in [1.54, 1.807) is 31.2 Å². The minimum absolute atomic E-state index is 0.0299. The highest BCUT2D eigenvalue weighted by Crippen LogP contribution is 2.17. The van der Waals surface area contributed by atoms with Crippen LogP contribution in [0.15, 0.2) is 53.4 Å². The van der Waals surface area contributed by atoms with Crippen LogP contribution < -0.4 is 14.8 Å². The number of carbonyl (C=O) groups is 1. The Labute approximate surface area is 146 Å². The van der Waals surface area contributed by atoms with Gasteiger partial charge in [-0.05, 0) is 42.5 Å². The third kappa shape index (κ3) is 5.04. The maximum absolute atomic E-state index is 12.3. The highest BCUT2D eigenvalue weighted by Gasteiger charge is 2.15. The molecule has 1 amide bonds. The van der Waals surface area contributed by atoms with E-state index in [1.165, 1.54) is 24.3 Å². The van der Waals surface area contributed by atoms with E-state index in [0.29, 0.717) is 11.4 Å². The number of hydrogen-bond acceptors (Lipinski definition) is 5. The lowest BCUT2D eigenvalue weighted by molar-refractivity contribution is 0.102. The van der Waals surface area contributed by atoms with E-state index in [4.69, 9.17) is 10.00 Å². The van der Waals surface area contributed by atoms with Crippen molar-refractivity contribution in [3.05, 3.63) is 54.1 Å². The number of nitrogens with one attached hydrogen (secondary N) is 2. The average molecular weight is 359 g/mol. The third-order valence-corrected chi connectivity index (χ3v) is 4.70. The van der Waals surface area contributed by atoms with Crippen LogP contribution in [-0.4, -0.2) is 27.5 Å². The zero-order chi connectivity index (χ0) is 18.3. The van der Waals surface area contributed by atoms with Gasteiger partial charge in [0.05, 0.1) is 4.90 Å². The molecule has 0 saturated heterocycles. The largest absolute Gasteiger partial charge is 0.479 e. The van der Waals surface area contributed by atoms with E-state index in [9.17, 15) is 13.2 Å². The summed E-state index contributed by atoms with van der Waals surface area (Å²) in [6, 6.07) is 14.2. The predicted molar refractivity (Wildman–Crippen MR) is 92.8 cm³/mol. The van der Waals surface area contributed by atoms with Crippen molar-refractivity contribution in [1.82, 2.24) is 4.72 Å². The van der Waals surface area contributed by atoms with E-state index >= 15 is 0 Å². The molecule has 0 fully saturated rings. The van der Waals surface area contributed by atoms with Gasteiger partial charge in [0.1, 0.15) is 11.8 Å². The average Bonchev–Trinajstić information content (AvgIpc) is 2.61. The molecular formula is C17H17N3O4S. The molecule has 2 aromatic rings. The molecule has 0 bridgehead atoms. The monoisotopic (exact) mass is 359 g/mol. The first-order valence-electron chi connectivity index (χ1n) is 7.47. The minimum atomic E-state index is -3.63. The Bertz CT molecular complexity index is 887. The Morgan fingerprint density at radius 2 is 1.92 bits per heavy atom. The molecule has 0 unspecified atom stereocenters. The lowest BCUT2D eigenvalue weighted by atomic mass is 10.2. The molecule has 0 radical (unpaired) electrons. The van der Waals surface area contributed by atoms with Crippen molar-refractivity contribution in [1.29, 1.82) is 5.26 Å². The Balaban J connectivity index is 2.12. The molecule has 0 aliphatic carbocycles. The molecule has 0 aromatic heterocycles. The lowest BCUT2D eigenvalue weighted by Crippen LogP contribution is -2.23. The number of benzene rings is 2. The summed E-state index contributed by atoms with van der Waals surface area (Å²) in [4.78, 5) is 12.3. The molecule has 7 nitrogen and oxygen atoms in total. The van der Waals surface area contributed by atoms with E-state index < -0.39 is 15.9 Å². The van der Waals surface area contributed by atoms with Gasteiger partial charge in [-0.2, -0.15) is 5.26 Å². The zero-order valence-electron chi connectivity index (χ0n) is 13.5. The van der Waals surface area contributed by atoms with Gasteiger partial charge in [-0.15, -0.1) is 0 Å². The van der Waals surface area contributed by atoms with Crippen LogP contribution in [0.4, 0.5) is 5.69 Å². The van der Waals surface area contributed by atoms with Gasteiger partial charge in [0.2, 0.25) is 10.0 Å². The lowest BCUT2D eigenvalue weighted by Gasteiger charge is -2.09. The quantitative estimate of drug-likeness (QED) is 0.787. The fourth-order valence-electron chi connectivity index (χ4n) is 2.03. The van der Waals surface area contributed by atoms with Crippen molar-refractivity contribution >= 4 is 21.6 Å². The molecule has 130 valence electrons. The minimum Gasteiger partial charge on any atom is -0.479 e. The molecule has 25 heavy (non-hydrogen) atoms. The van der Waals surface area contributed by atoms with Crippen molar-refractivity contribution in [2.45, 2.75) is 11.8 Å². The number of anilines is 1. The number of rotatable bonds is 7. The Morgan fingerprint density at radius 3 is 2.56 bits per heavy atom. The molecule has 2 rings (SSSR count). The van der Waals surface area contributed by atoms with Crippen LogP contribution in [0.2, 0.25) is 0 Å². The number of nitrogens with zero attached hydrogens (tertiary/aromatic N) is 1. The summed E-state index contributed by atoms with van der Waals surface area (Å²) in [5.74, 6) is 0.0810. The van der Waals surface area contributed by atoms with E-state index in [-0.39, 0.29) is 23.6 Å². The number of carbonyl (C=O) groups excluding carboxylic acids is 1. The zero-order valence-corrected chi connectivity index (χ0v) is 14.3. The fourth-order valence-corrected chi connectivity index (χ4v) is 3.12. The van der Waals surface area contributed by atoms with Crippen molar-refractivity contribution in [3.63, 3.8) is 0 Å². The first-order valence-corrected chi connectivity index (χ1v) is 8.95. The molecule has 2 aromatic carbocycles. The van der Waals surface area contributed by atoms with Crippen LogP contribution in [-0.2, 0) is 10.0 Å². The van der Waals surface area contributed by atoms with Crippen molar-refractivity contribution in [3.8, 4) is 11.8 Å². The highest BCUT2D eigenvalue weighted by molar-refractivity contribution is 7.89.